The van der Waals surface area contributed by atoms with Crippen LogP contribution in [0.4, 0.5) is 0 Å². The van der Waals surface area contributed by atoms with Gasteiger partial charge < -0.3 is 9.53 Å². The van der Waals surface area contributed by atoms with E-state index in [9.17, 15) is 5.11 Å². The highest BCUT2D eigenvalue weighted by Gasteiger charge is 2.58. The summed E-state index contributed by atoms with van der Waals surface area (Å²) in [6.45, 7) is 17.9. The van der Waals surface area contributed by atoms with Crippen molar-refractivity contribution in [2.45, 2.75) is 116 Å². The van der Waals surface area contributed by atoms with Crippen molar-refractivity contribution in [3.8, 4) is 11.8 Å². The zero-order valence-corrected chi connectivity index (χ0v) is 20.5. The van der Waals surface area contributed by atoms with E-state index in [0.717, 1.165) is 6.42 Å². The molecule has 0 aromatic heterocycles. The molecule has 0 aliphatic heterocycles. The van der Waals surface area contributed by atoms with E-state index in [0.29, 0.717) is 12.0 Å². The molecule has 3 atom stereocenters. The van der Waals surface area contributed by atoms with E-state index in [-0.39, 0.29) is 15.9 Å². The molecule has 3 rings (SSSR count). The Morgan fingerprint density at radius 2 is 1.82 bits per heavy atom. The Labute approximate surface area is 174 Å². The van der Waals surface area contributed by atoms with Crippen LogP contribution < -0.4 is 0 Å². The van der Waals surface area contributed by atoms with Gasteiger partial charge in [0.1, 0.15) is 5.60 Å². The second kappa shape index (κ2) is 7.00. The molecule has 0 heterocycles. The molecule has 0 aromatic rings. The summed E-state index contributed by atoms with van der Waals surface area (Å²) < 4.78 is 6.97. The standard InChI is InChI=1S/C25H42O2Si/c1-22(2,3)28(7,8)27-20-11-9-15-24(6)19(20)12-13-21(24)25(17-18-25)16-10-14-23(4,5)26/h13,19-20,26H,9,11-12,15-18H2,1-8H3/t19-,20-,24-/m0/s1. The zero-order chi connectivity index (χ0) is 21.0. The first-order valence-corrected chi connectivity index (χ1v) is 14.2. The summed E-state index contributed by atoms with van der Waals surface area (Å²) in [5.41, 5.74) is 1.34. The van der Waals surface area contributed by atoms with Gasteiger partial charge in [-0.2, -0.15) is 0 Å². The van der Waals surface area contributed by atoms with Gasteiger partial charge in [0.15, 0.2) is 8.32 Å². The van der Waals surface area contributed by atoms with E-state index in [4.69, 9.17) is 4.43 Å². The van der Waals surface area contributed by atoms with Gasteiger partial charge in [-0.3, -0.25) is 0 Å². The molecule has 3 aliphatic carbocycles. The Hall–Kier alpha value is -0.563. The number of hydrogen-bond donors (Lipinski definition) is 1. The molecule has 2 nitrogen and oxygen atoms in total. The molecular formula is C25H42O2Si. The minimum atomic E-state index is -1.75. The minimum Gasteiger partial charge on any atom is -0.414 e. The van der Waals surface area contributed by atoms with E-state index < -0.39 is 13.9 Å². The molecule has 2 fully saturated rings. The number of allylic oxidation sites excluding steroid dienone is 2. The average molecular weight is 403 g/mol. The molecule has 0 spiro atoms. The van der Waals surface area contributed by atoms with Crippen molar-refractivity contribution in [2.24, 2.45) is 16.7 Å². The Morgan fingerprint density at radius 1 is 1.18 bits per heavy atom. The van der Waals surface area contributed by atoms with E-state index in [2.05, 4.69) is 58.7 Å². The highest BCUT2D eigenvalue weighted by Crippen LogP contribution is 2.67. The Kier molecular flexibility index (Phi) is 5.53. The molecule has 1 N–H and O–H groups in total. The van der Waals surface area contributed by atoms with Crippen LogP contribution in [0.25, 0.3) is 0 Å². The van der Waals surface area contributed by atoms with Crippen molar-refractivity contribution in [3.05, 3.63) is 11.6 Å². The van der Waals surface area contributed by atoms with Crippen LogP contribution in [0.3, 0.4) is 0 Å². The maximum absolute atomic E-state index is 9.95. The topological polar surface area (TPSA) is 29.5 Å². The average Bonchev–Trinajstić information content (AvgIpc) is 3.19. The molecule has 0 bridgehead atoms. The second-order valence-electron chi connectivity index (χ2n) is 12.0. The van der Waals surface area contributed by atoms with Crippen LogP contribution in [-0.2, 0) is 4.43 Å². The molecule has 0 aromatic carbocycles. The largest absolute Gasteiger partial charge is 0.414 e. The minimum absolute atomic E-state index is 0.264. The predicted octanol–water partition coefficient (Wildman–Crippen LogP) is 6.46. The maximum Gasteiger partial charge on any atom is 0.192 e. The lowest BCUT2D eigenvalue weighted by molar-refractivity contribution is 0.0150. The molecule has 158 valence electrons. The monoisotopic (exact) mass is 402 g/mol. The fraction of sp³-hybridized carbons (Fsp3) is 0.840. The highest BCUT2D eigenvalue weighted by atomic mass is 28.4. The number of hydrogen-bond acceptors (Lipinski definition) is 2. The van der Waals surface area contributed by atoms with Gasteiger partial charge in [-0.15, -0.1) is 0 Å². The van der Waals surface area contributed by atoms with Crippen LogP contribution in [0, 0.1) is 28.6 Å². The third-order valence-corrected chi connectivity index (χ3v) is 12.6. The van der Waals surface area contributed by atoms with E-state index in [1.54, 1.807) is 19.4 Å². The first-order chi connectivity index (χ1) is 12.7. The molecule has 0 unspecified atom stereocenters. The summed E-state index contributed by atoms with van der Waals surface area (Å²) in [5.74, 6) is 6.99. The summed E-state index contributed by atoms with van der Waals surface area (Å²) in [6.07, 6.45) is 11.4. The molecule has 0 radical (unpaired) electrons. The summed E-state index contributed by atoms with van der Waals surface area (Å²) in [4.78, 5) is 0. The maximum atomic E-state index is 9.95. The summed E-state index contributed by atoms with van der Waals surface area (Å²) >= 11 is 0. The smallest absolute Gasteiger partial charge is 0.192 e. The van der Waals surface area contributed by atoms with Crippen molar-refractivity contribution in [1.29, 1.82) is 0 Å². The van der Waals surface area contributed by atoms with Gasteiger partial charge in [-0.25, -0.2) is 0 Å². The lowest BCUT2D eigenvalue weighted by Gasteiger charge is -2.49. The lowest BCUT2D eigenvalue weighted by atomic mass is 9.62. The van der Waals surface area contributed by atoms with Gasteiger partial charge in [0.2, 0.25) is 0 Å². The third kappa shape index (κ3) is 4.16. The SMILES string of the molecule is CC(C)(O)C#CCC1(C2=CC[C@H]3[C@@H](O[Si](C)(C)C(C)(C)C)CCC[C@]23C)CC1. The van der Waals surface area contributed by atoms with Crippen molar-refractivity contribution in [2.75, 3.05) is 0 Å². The first-order valence-electron chi connectivity index (χ1n) is 11.3. The Morgan fingerprint density at radius 3 is 2.36 bits per heavy atom. The van der Waals surface area contributed by atoms with Crippen LogP contribution in [-0.4, -0.2) is 25.1 Å². The van der Waals surface area contributed by atoms with Gasteiger partial charge in [0.25, 0.3) is 0 Å². The van der Waals surface area contributed by atoms with Crippen LogP contribution in [0.1, 0.15) is 86.5 Å². The number of aliphatic hydroxyl groups is 1. The lowest BCUT2D eigenvalue weighted by Crippen LogP contribution is -2.49. The van der Waals surface area contributed by atoms with Crippen LogP contribution in [0.5, 0.6) is 0 Å². The summed E-state index contributed by atoms with van der Waals surface area (Å²) in [5, 5.41) is 10.2. The van der Waals surface area contributed by atoms with Crippen LogP contribution in [0.2, 0.25) is 18.1 Å². The van der Waals surface area contributed by atoms with Crippen molar-refractivity contribution >= 4 is 8.32 Å². The highest BCUT2D eigenvalue weighted by molar-refractivity contribution is 6.74. The van der Waals surface area contributed by atoms with E-state index >= 15 is 0 Å². The van der Waals surface area contributed by atoms with Crippen LogP contribution >= 0.6 is 0 Å². The number of rotatable bonds is 4. The van der Waals surface area contributed by atoms with Crippen LogP contribution in [0.15, 0.2) is 11.6 Å². The Balaban J connectivity index is 1.77. The van der Waals surface area contributed by atoms with Gasteiger partial charge in [0.05, 0.1) is 0 Å². The van der Waals surface area contributed by atoms with Crippen molar-refractivity contribution in [1.82, 2.24) is 0 Å². The van der Waals surface area contributed by atoms with Gasteiger partial charge in [-0.1, -0.05) is 57.6 Å². The molecular weight excluding hydrogens is 360 g/mol. The fourth-order valence-electron chi connectivity index (χ4n) is 5.33. The van der Waals surface area contributed by atoms with E-state index in [1.165, 1.54) is 38.5 Å². The van der Waals surface area contributed by atoms with Gasteiger partial charge >= 0.3 is 0 Å². The molecule has 2 saturated carbocycles. The number of fused-ring (bicyclic) bond motifs is 1. The molecule has 28 heavy (non-hydrogen) atoms. The van der Waals surface area contributed by atoms with Gasteiger partial charge in [-0.05, 0) is 75.4 Å². The first kappa shape index (κ1) is 22.1. The predicted molar refractivity (Wildman–Crippen MR) is 121 cm³/mol. The zero-order valence-electron chi connectivity index (χ0n) is 19.5. The van der Waals surface area contributed by atoms with Crippen molar-refractivity contribution in [3.63, 3.8) is 0 Å². The second-order valence-corrected chi connectivity index (χ2v) is 16.8. The van der Waals surface area contributed by atoms with E-state index in [1.807, 2.05) is 0 Å². The Bertz CT molecular complexity index is 691. The summed E-state index contributed by atoms with van der Waals surface area (Å²) in [7, 11) is -1.75. The molecule has 0 amide bonds. The molecule has 0 saturated heterocycles. The van der Waals surface area contributed by atoms with Crippen molar-refractivity contribution < 1.29 is 9.53 Å². The molecule has 3 aliphatic rings. The molecule has 3 heteroatoms. The normalized spacial score (nSPS) is 32.2. The fourth-order valence-corrected chi connectivity index (χ4v) is 6.72. The summed E-state index contributed by atoms with van der Waals surface area (Å²) in [6, 6.07) is 0. The van der Waals surface area contributed by atoms with Gasteiger partial charge in [0, 0.05) is 17.9 Å². The quantitative estimate of drug-likeness (QED) is 0.332. The third-order valence-electron chi connectivity index (χ3n) is 8.14.